The summed E-state index contributed by atoms with van der Waals surface area (Å²) in [6.45, 7) is 9.75. The predicted octanol–water partition coefficient (Wildman–Crippen LogP) is 2.79. The van der Waals surface area contributed by atoms with Crippen LogP contribution < -0.4 is 5.32 Å². The number of hydrogen-bond acceptors (Lipinski definition) is 4. The van der Waals surface area contributed by atoms with E-state index in [2.05, 4.69) is 5.32 Å². The first-order valence-electron chi connectivity index (χ1n) is 8.11. The van der Waals surface area contributed by atoms with Crippen LogP contribution in [0.4, 0.5) is 4.79 Å². The van der Waals surface area contributed by atoms with Gasteiger partial charge in [-0.2, -0.15) is 0 Å². The van der Waals surface area contributed by atoms with E-state index in [1.54, 1.807) is 12.0 Å². The zero-order valence-corrected chi connectivity index (χ0v) is 14.3. The van der Waals surface area contributed by atoms with Crippen molar-refractivity contribution >= 4 is 6.09 Å². The highest BCUT2D eigenvalue weighted by atomic mass is 16.6. The molecule has 1 fully saturated rings. The molecule has 2 atom stereocenters. The van der Waals surface area contributed by atoms with Gasteiger partial charge in [-0.15, -0.1) is 0 Å². The largest absolute Gasteiger partial charge is 0.444 e. The fourth-order valence-electron chi connectivity index (χ4n) is 2.70. The molecular weight excluding hydrogens is 268 g/mol. The Morgan fingerprint density at radius 3 is 2.52 bits per heavy atom. The molecule has 0 aromatic carbocycles. The summed E-state index contributed by atoms with van der Waals surface area (Å²) < 4.78 is 10.9. The Morgan fingerprint density at radius 2 is 1.95 bits per heavy atom. The number of nitrogens with one attached hydrogen (secondary N) is 1. The zero-order valence-electron chi connectivity index (χ0n) is 14.3. The van der Waals surface area contributed by atoms with Crippen LogP contribution in [0.2, 0.25) is 0 Å². The number of methoxy groups -OCH3 is 1. The highest BCUT2D eigenvalue weighted by molar-refractivity contribution is 5.68. The van der Waals surface area contributed by atoms with Crippen LogP contribution in [0.1, 0.15) is 53.4 Å². The summed E-state index contributed by atoms with van der Waals surface area (Å²) in [4.78, 5) is 13.8. The maximum Gasteiger partial charge on any atom is 0.410 e. The van der Waals surface area contributed by atoms with Crippen LogP contribution in [0.3, 0.4) is 0 Å². The molecule has 21 heavy (non-hydrogen) atoms. The van der Waals surface area contributed by atoms with Crippen LogP contribution in [-0.2, 0) is 9.47 Å². The zero-order chi connectivity index (χ0) is 15.9. The molecule has 124 valence electrons. The number of rotatable bonds is 6. The van der Waals surface area contributed by atoms with E-state index in [9.17, 15) is 4.79 Å². The van der Waals surface area contributed by atoms with Crippen molar-refractivity contribution in [3.05, 3.63) is 0 Å². The van der Waals surface area contributed by atoms with E-state index in [4.69, 9.17) is 9.47 Å². The van der Waals surface area contributed by atoms with Crippen LogP contribution in [0.5, 0.6) is 0 Å². The molecule has 0 aliphatic heterocycles. The van der Waals surface area contributed by atoms with Gasteiger partial charge in [-0.25, -0.2) is 4.79 Å². The number of carbonyl (C=O) groups is 1. The van der Waals surface area contributed by atoms with Crippen LogP contribution in [0, 0.1) is 0 Å². The van der Waals surface area contributed by atoms with Crippen molar-refractivity contribution in [2.45, 2.75) is 71.1 Å². The number of likely N-dealkylation sites (N-methyl/N-ethyl adjacent to an activating group) is 1. The Kier molecular flexibility index (Phi) is 7.46. The lowest BCUT2D eigenvalue weighted by atomic mass is 9.92. The van der Waals surface area contributed by atoms with Crippen LogP contribution >= 0.6 is 0 Å². The first kappa shape index (κ1) is 18.2. The molecule has 1 aliphatic rings. The molecule has 1 aliphatic carbocycles. The topological polar surface area (TPSA) is 50.8 Å². The fourth-order valence-corrected chi connectivity index (χ4v) is 2.70. The van der Waals surface area contributed by atoms with Gasteiger partial charge >= 0.3 is 6.09 Å². The lowest BCUT2D eigenvalue weighted by molar-refractivity contribution is 0.0238. The van der Waals surface area contributed by atoms with E-state index in [1.807, 2.05) is 27.7 Å². The minimum absolute atomic E-state index is 0.237. The molecule has 1 amide bonds. The molecule has 0 aromatic rings. The van der Waals surface area contributed by atoms with Gasteiger partial charge in [-0.1, -0.05) is 12.8 Å². The lowest BCUT2D eigenvalue weighted by Crippen LogP contribution is -2.47. The summed E-state index contributed by atoms with van der Waals surface area (Å²) in [5, 5.41) is 3.53. The molecule has 2 unspecified atom stereocenters. The molecule has 0 heterocycles. The normalized spacial score (nSPS) is 22.9. The maximum absolute atomic E-state index is 12.0. The number of ether oxygens (including phenoxy) is 2. The van der Waals surface area contributed by atoms with Crippen molar-refractivity contribution in [2.24, 2.45) is 0 Å². The Labute approximate surface area is 129 Å². The van der Waals surface area contributed by atoms with Crippen LogP contribution in [-0.4, -0.2) is 55.5 Å². The second kappa shape index (κ2) is 8.59. The minimum atomic E-state index is -0.442. The molecule has 0 spiro atoms. The highest BCUT2D eigenvalue weighted by Crippen LogP contribution is 2.20. The number of carbonyl (C=O) groups excluding carboxylic acids is 1. The molecule has 0 bridgehead atoms. The summed E-state index contributed by atoms with van der Waals surface area (Å²) in [7, 11) is 1.78. The van der Waals surface area contributed by atoms with Crippen molar-refractivity contribution in [2.75, 3.05) is 26.7 Å². The third-order valence-electron chi connectivity index (χ3n) is 3.83. The quantitative estimate of drug-likeness (QED) is 0.819. The third-order valence-corrected chi connectivity index (χ3v) is 3.83. The average molecular weight is 300 g/mol. The predicted molar refractivity (Wildman–Crippen MR) is 84.5 cm³/mol. The van der Waals surface area contributed by atoms with Gasteiger partial charge in [-0.05, 0) is 40.5 Å². The van der Waals surface area contributed by atoms with E-state index in [0.29, 0.717) is 25.2 Å². The van der Waals surface area contributed by atoms with Gasteiger partial charge in [0.2, 0.25) is 0 Å². The van der Waals surface area contributed by atoms with Gasteiger partial charge in [0.15, 0.2) is 0 Å². The molecule has 1 saturated carbocycles. The SMILES string of the molecule is CCN(CCNC1CCCCC1OC)C(=O)OC(C)(C)C. The first-order chi connectivity index (χ1) is 9.87. The monoisotopic (exact) mass is 300 g/mol. The molecule has 0 aromatic heterocycles. The van der Waals surface area contributed by atoms with Crippen LogP contribution in [0.25, 0.3) is 0 Å². The number of amides is 1. The van der Waals surface area contributed by atoms with Gasteiger partial charge in [0.1, 0.15) is 5.60 Å². The Morgan fingerprint density at radius 1 is 1.29 bits per heavy atom. The molecule has 0 radical (unpaired) electrons. The van der Waals surface area contributed by atoms with E-state index >= 15 is 0 Å². The van der Waals surface area contributed by atoms with E-state index in [-0.39, 0.29) is 6.09 Å². The van der Waals surface area contributed by atoms with Gasteiger partial charge < -0.3 is 19.7 Å². The molecular formula is C16H32N2O3. The average Bonchev–Trinajstić information content (AvgIpc) is 2.42. The molecule has 5 heteroatoms. The number of hydrogen-bond donors (Lipinski definition) is 1. The smallest absolute Gasteiger partial charge is 0.410 e. The lowest BCUT2D eigenvalue weighted by Gasteiger charge is -2.32. The van der Waals surface area contributed by atoms with Crippen molar-refractivity contribution in [1.82, 2.24) is 10.2 Å². The van der Waals surface area contributed by atoms with Gasteiger partial charge in [0.25, 0.3) is 0 Å². The van der Waals surface area contributed by atoms with Crippen LogP contribution in [0.15, 0.2) is 0 Å². The standard InChI is InChI=1S/C16H32N2O3/c1-6-18(15(19)21-16(2,3)4)12-11-17-13-9-7-8-10-14(13)20-5/h13-14,17H,6-12H2,1-5H3. The Hall–Kier alpha value is -0.810. The van der Waals surface area contributed by atoms with Crippen molar-refractivity contribution < 1.29 is 14.3 Å². The van der Waals surface area contributed by atoms with Gasteiger partial charge in [-0.3, -0.25) is 0 Å². The third kappa shape index (κ3) is 6.66. The first-order valence-corrected chi connectivity index (χ1v) is 8.11. The molecule has 1 N–H and O–H groups in total. The van der Waals surface area contributed by atoms with Crippen molar-refractivity contribution in [3.8, 4) is 0 Å². The molecule has 1 rings (SSSR count). The van der Waals surface area contributed by atoms with Crippen molar-refractivity contribution in [3.63, 3.8) is 0 Å². The van der Waals surface area contributed by atoms with Gasteiger partial charge in [0, 0.05) is 32.8 Å². The summed E-state index contributed by atoms with van der Waals surface area (Å²) in [5.41, 5.74) is -0.442. The molecule has 5 nitrogen and oxygen atoms in total. The Bertz CT molecular complexity index is 315. The van der Waals surface area contributed by atoms with Gasteiger partial charge in [0.05, 0.1) is 6.10 Å². The second-order valence-corrected chi connectivity index (χ2v) is 6.68. The van der Waals surface area contributed by atoms with E-state index < -0.39 is 5.60 Å². The summed E-state index contributed by atoms with van der Waals surface area (Å²) >= 11 is 0. The molecule has 0 saturated heterocycles. The Balaban J connectivity index is 2.36. The van der Waals surface area contributed by atoms with Crippen molar-refractivity contribution in [1.29, 1.82) is 0 Å². The number of nitrogens with zero attached hydrogens (tertiary/aromatic N) is 1. The second-order valence-electron chi connectivity index (χ2n) is 6.68. The highest BCUT2D eigenvalue weighted by Gasteiger charge is 2.25. The van der Waals surface area contributed by atoms with E-state index in [1.165, 1.54) is 12.8 Å². The summed E-state index contributed by atoms with van der Waals surface area (Å²) in [6.07, 6.45) is 4.83. The summed E-state index contributed by atoms with van der Waals surface area (Å²) in [6, 6.07) is 0.404. The fraction of sp³-hybridized carbons (Fsp3) is 0.938. The maximum atomic E-state index is 12.0. The minimum Gasteiger partial charge on any atom is -0.444 e. The summed E-state index contributed by atoms with van der Waals surface area (Å²) in [5.74, 6) is 0. The van der Waals surface area contributed by atoms with E-state index in [0.717, 1.165) is 19.4 Å².